The third-order valence-electron chi connectivity index (χ3n) is 10.6. The van der Waals surface area contributed by atoms with E-state index in [1.807, 2.05) is 24.3 Å². The van der Waals surface area contributed by atoms with Gasteiger partial charge in [-0.05, 0) is 37.0 Å². The molecule has 3 saturated heterocycles. The van der Waals surface area contributed by atoms with E-state index in [9.17, 15) is 29.4 Å². The van der Waals surface area contributed by atoms with Gasteiger partial charge >= 0.3 is 5.97 Å². The molecule has 52 heavy (non-hydrogen) atoms. The lowest BCUT2D eigenvalue weighted by atomic mass is 9.62. The van der Waals surface area contributed by atoms with Crippen LogP contribution in [-0.4, -0.2) is 120 Å². The van der Waals surface area contributed by atoms with E-state index in [4.69, 9.17) is 19.0 Å². The number of aliphatic hydroxyl groups is 2. The molecule has 8 atom stereocenters. The van der Waals surface area contributed by atoms with Gasteiger partial charge in [-0.25, -0.2) is 0 Å². The number of esters is 1. The van der Waals surface area contributed by atoms with Gasteiger partial charge in [0.2, 0.25) is 17.7 Å². The quantitative estimate of drug-likeness (QED) is 0.0991. The molecule has 3 aliphatic heterocycles. The van der Waals surface area contributed by atoms with Crippen molar-refractivity contribution in [3.63, 3.8) is 0 Å². The Morgan fingerprint density at radius 2 is 1.77 bits per heavy atom. The van der Waals surface area contributed by atoms with E-state index in [-0.39, 0.29) is 32.0 Å². The number of hydrogen-bond donors (Lipinski definition) is 4. The van der Waals surface area contributed by atoms with Crippen molar-refractivity contribution in [1.29, 1.82) is 0 Å². The molecule has 14 nitrogen and oxygen atoms in total. The van der Waals surface area contributed by atoms with Crippen LogP contribution in [0.4, 0.5) is 0 Å². The first-order valence-electron chi connectivity index (χ1n) is 18.7. The fourth-order valence-electron chi connectivity index (χ4n) is 7.96. The van der Waals surface area contributed by atoms with Gasteiger partial charge in [0.1, 0.15) is 35.9 Å². The van der Waals surface area contributed by atoms with E-state index in [2.05, 4.69) is 24.5 Å². The van der Waals surface area contributed by atoms with E-state index in [1.165, 1.54) is 23.0 Å². The van der Waals surface area contributed by atoms with Crippen LogP contribution in [0.3, 0.4) is 0 Å². The fraction of sp³-hybridized carbons (Fsp3) is 0.684. The Morgan fingerprint density at radius 3 is 2.40 bits per heavy atom. The predicted molar refractivity (Wildman–Crippen MR) is 190 cm³/mol. The molecule has 3 heterocycles. The summed E-state index contributed by atoms with van der Waals surface area (Å²) in [6, 6.07) is 4.84. The van der Waals surface area contributed by atoms with E-state index >= 15 is 0 Å². The molecule has 14 heteroatoms. The first kappa shape index (κ1) is 39.8. The number of nitrogens with zero attached hydrogens (tertiary/aromatic N) is 2. The Hall–Kier alpha value is -3.40. The second-order valence-electron chi connectivity index (χ2n) is 14.7. The summed E-state index contributed by atoms with van der Waals surface area (Å²) in [6.45, 7) is 5.35. The molecule has 2 unspecified atom stereocenters. The number of hydroxylamine groups is 2. The number of carbonyl (C=O) groups excluding carboxylic acids is 4. The second kappa shape index (κ2) is 17.2. The topological polar surface area (TPSA) is 176 Å². The van der Waals surface area contributed by atoms with Crippen molar-refractivity contribution in [3.8, 4) is 0 Å². The lowest BCUT2D eigenvalue weighted by Crippen LogP contribution is -2.71. The summed E-state index contributed by atoms with van der Waals surface area (Å²) in [7, 11) is 3.34. The van der Waals surface area contributed by atoms with Gasteiger partial charge < -0.3 is 40.0 Å². The largest absolute Gasteiger partial charge is 0.458 e. The maximum absolute atomic E-state index is 14.8. The number of rotatable bonds is 18. The minimum atomic E-state index is -1.56. The molecule has 0 spiro atoms. The number of fused-ring (bicyclic) bond motifs is 4. The zero-order chi connectivity index (χ0) is 37.6. The first-order chi connectivity index (χ1) is 24.9. The summed E-state index contributed by atoms with van der Waals surface area (Å²) in [5, 5.41) is 26.6. The molecule has 0 radical (unpaired) electrons. The van der Waals surface area contributed by atoms with Crippen LogP contribution in [0.15, 0.2) is 30.3 Å². The van der Waals surface area contributed by atoms with Crippen LogP contribution in [0.2, 0.25) is 0 Å². The number of benzene rings is 1. The van der Waals surface area contributed by atoms with Gasteiger partial charge in [-0.3, -0.25) is 24.0 Å². The predicted octanol–water partition coefficient (Wildman–Crippen LogP) is 2.20. The molecule has 2 bridgehead atoms. The Bertz CT molecular complexity index is 1460. The standard InChI is InChI=1S/C38H56N4O10/c1-6-8-10-17-37(18-11-9-7-2)50-30-27-22-38(36(48)40-29(24(3)44)34(46)39-19-20-43)32(35(47)49-27)42(52-33(38)31(30)51-37)23-26-14-12-13-25(21-26)15-16-28(45)41(4)5/h12-16,21,24,27,29-33,43-44H,6-11,17-20,22-23H2,1-5H3,(H,39,46)(H,40,48)/t24-,27?,29+,30-,31-,32-,33+,38?/m0/s1. The zero-order valence-electron chi connectivity index (χ0n) is 31.0. The highest BCUT2D eigenvalue weighted by atomic mass is 16.8. The SMILES string of the molecule is CCCCCC1(CCCCC)O[C@@H]2[C@H]3ON(Cc4cccc(C=CC(=O)N(C)C)c4)[C@H]4C(=O)OC(CC34C(=O)N[C@@H](C(=O)NCCO)[C@H](C)O)[C@@H]2O1. The fourth-order valence-corrected chi connectivity index (χ4v) is 7.96. The molecular formula is C38H56N4O10. The van der Waals surface area contributed by atoms with Crippen LogP contribution in [0.25, 0.3) is 6.08 Å². The molecule has 0 aromatic heterocycles. The van der Waals surface area contributed by atoms with Crippen LogP contribution < -0.4 is 10.6 Å². The van der Waals surface area contributed by atoms with E-state index in [0.717, 1.165) is 49.7 Å². The van der Waals surface area contributed by atoms with E-state index in [0.29, 0.717) is 12.8 Å². The van der Waals surface area contributed by atoms with Crippen molar-refractivity contribution in [3.05, 3.63) is 41.5 Å². The van der Waals surface area contributed by atoms with Gasteiger partial charge in [0, 0.05) is 46.0 Å². The minimum absolute atomic E-state index is 0.0567. The Kier molecular flexibility index (Phi) is 13.1. The summed E-state index contributed by atoms with van der Waals surface area (Å²) in [5.74, 6) is -3.08. The van der Waals surface area contributed by atoms with Crippen LogP contribution >= 0.6 is 0 Å². The van der Waals surface area contributed by atoms with Crippen LogP contribution in [0.1, 0.15) is 89.7 Å². The van der Waals surface area contributed by atoms with Crippen LogP contribution in [0.5, 0.6) is 0 Å². The van der Waals surface area contributed by atoms with Gasteiger partial charge in [-0.15, -0.1) is 0 Å². The van der Waals surface area contributed by atoms with Crippen molar-refractivity contribution >= 4 is 29.8 Å². The highest BCUT2D eigenvalue weighted by molar-refractivity contribution is 5.96. The molecule has 4 N–H and O–H groups in total. The Labute approximate surface area is 306 Å². The lowest BCUT2D eigenvalue weighted by molar-refractivity contribution is -0.224. The summed E-state index contributed by atoms with van der Waals surface area (Å²) >= 11 is 0. The average molecular weight is 729 g/mol. The number of nitrogens with one attached hydrogen (secondary N) is 2. The van der Waals surface area contributed by atoms with Gasteiger partial charge in [0.15, 0.2) is 11.8 Å². The third kappa shape index (κ3) is 8.22. The normalized spacial score (nSPS) is 28.6. The Balaban J connectivity index is 1.52. The summed E-state index contributed by atoms with van der Waals surface area (Å²) in [4.78, 5) is 62.3. The average Bonchev–Trinajstić information content (AvgIpc) is 3.67. The maximum atomic E-state index is 14.8. The van der Waals surface area contributed by atoms with Crippen molar-refractivity contribution in [1.82, 2.24) is 20.6 Å². The molecule has 1 aromatic rings. The number of carbonyl (C=O) groups is 4. The van der Waals surface area contributed by atoms with Crippen molar-refractivity contribution in [2.75, 3.05) is 27.2 Å². The molecule has 5 rings (SSSR count). The minimum Gasteiger partial charge on any atom is -0.458 e. The number of unbranched alkanes of at least 4 members (excludes halogenated alkanes) is 4. The third-order valence-corrected chi connectivity index (χ3v) is 10.6. The molecule has 288 valence electrons. The van der Waals surface area contributed by atoms with Gasteiger partial charge in [-0.1, -0.05) is 63.8 Å². The van der Waals surface area contributed by atoms with Gasteiger partial charge in [0.05, 0.1) is 19.3 Å². The number of aliphatic hydroxyl groups excluding tert-OH is 2. The molecule has 3 amide bonds. The lowest BCUT2D eigenvalue weighted by Gasteiger charge is -2.49. The van der Waals surface area contributed by atoms with Crippen LogP contribution in [0, 0.1) is 5.41 Å². The second-order valence-corrected chi connectivity index (χ2v) is 14.7. The van der Waals surface area contributed by atoms with E-state index in [1.54, 1.807) is 20.2 Å². The highest BCUT2D eigenvalue weighted by Crippen LogP contribution is 2.58. The number of likely N-dealkylation sites (N-methyl/N-ethyl adjacent to an activating group) is 1. The Morgan fingerprint density at radius 1 is 1.08 bits per heavy atom. The molecule has 1 aromatic carbocycles. The van der Waals surface area contributed by atoms with E-state index < -0.39 is 71.6 Å². The number of hydrogen-bond acceptors (Lipinski definition) is 11. The number of amides is 3. The molecular weight excluding hydrogens is 672 g/mol. The van der Waals surface area contributed by atoms with Crippen molar-refractivity contribution in [2.45, 2.75) is 133 Å². The zero-order valence-corrected chi connectivity index (χ0v) is 31.0. The van der Waals surface area contributed by atoms with Gasteiger partial charge in [0.25, 0.3) is 0 Å². The first-order valence-corrected chi connectivity index (χ1v) is 18.7. The van der Waals surface area contributed by atoms with Crippen LogP contribution in [-0.2, 0) is 44.8 Å². The number of ether oxygens (including phenoxy) is 3. The summed E-state index contributed by atoms with van der Waals surface area (Å²) in [5.41, 5.74) is -0.0521. The monoisotopic (exact) mass is 728 g/mol. The van der Waals surface area contributed by atoms with Crippen molar-refractivity contribution < 1.29 is 48.4 Å². The highest BCUT2D eigenvalue weighted by Gasteiger charge is 2.76. The molecule has 1 saturated carbocycles. The summed E-state index contributed by atoms with van der Waals surface area (Å²) in [6.07, 6.45) is 5.76. The summed E-state index contributed by atoms with van der Waals surface area (Å²) < 4.78 is 19.8. The molecule has 4 aliphatic rings. The van der Waals surface area contributed by atoms with Crippen molar-refractivity contribution in [2.24, 2.45) is 5.41 Å². The maximum Gasteiger partial charge on any atom is 0.327 e. The smallest absolute Gasteiger partial charge is 0.327 e. The molecule has 4 fully saturated rings. The van der Waals surface area contributed by atoms with Gasteiger partial charge in [-0.2, -0.15) is 5.06 Å². The molecule has 1 aliphatic carbocycles.